The second kappa shape index (κ2) is 10.1. The smallest absolute Gasteiger partial charge is 0.228 e. The average Bonchev–Trinajstić information content (AvgIpc) is 3.69. The number of carbonyl (C=O) groups excluding carboxylic acids is 2. The molecule has 1 saturated carbocycles. The molecule has 3 aromatic rings. The van der Waals surface area contributed by atoms with Gasteiger partial charge in [-0.25, -0.2) is 14.4 Å². The second-order valence-corrected chi connectivity index (χ2v) is 12.0. The third-order valence-corrected chi connectivity index (χ3v) is 7.08. The molecule has 0 bridgehead atoms. The zero-order valence-electron chi connectivity index (χ0n) is 20.3. The van der Waals surface area contributed by atoms with Crippen LogP contribution in [0.1, 0.15) is 36.7 Å². The Morgan fingerprint density at radius 1 is 1.11 bits per heavy atom. The summed E-state index contributed by atoms with van der Waals surface area (Å²) in [5.74, 6) is -0.558. The maximum absolute atomic E-state index is 14.7. The summed E-state index contributed by atoms with van der Waals surface area (Å²) in [6.45, 7) is 4.90. The lowest BCUT2D eigenvalue weighted by Crippen LogP contribution is -2.16. The van der Waals surface area contributed by atoms with Gasteiger partial charge in [-0.1, -0.05) is 6.92 Å². The third-order valence-electron chi connectivity index (χ3n) is 5.61. The lowest BCUT2D eigenvalue weighted by Gasteiger charge is -2.17. The van der Waals surface area contributed by atoms with Crippen LogP contribution in [0.5, 0.6) is 5.75 Å². The Hall–Kier alpha value is -3.72. The van der Waals surface area contributed by atoms with Gasteiger partial charge in [0.05, 0.1) is 24.0 Å². The number of carbonyl (C=O) groups is 2. The molecule has 1 aliphatic carbocycles. The van der Waals surface area contributed by atoms with E-state index in [4.69, 9.17) is 4.74 Å². The summed E-state index contributed by atoms with van der Waals surface area (Å²) < 4.78 is 32.6. The van der Waals surface area contributed by atoms with Gasteiger partial charge in [-0.3, -0.25) is 9.59 Å². The van der Waals surface area contributed by atoms with Crippen LogP contribution < -0.4 is 20.7 Å². The number of ketones is 1. The van der Waals surface area contributed by atoms with Crippen LogP contribution in [0.15, 0.2) is 30.6 Å². The van der Waals surface area contributed by atoms with Crippen molar-refractivity contribution in [3.05, 3.63) is 42.1 Å². The summed E-state index contributed by atoms with van der Waals surface area (Å²) in [5.41, 5.74) is 0.708. The topological polar surface area (TPSA) is 136 Å². The first kappa shape index (κ1) is 25.4. The first-order valence-electron chi connectivity index (χ1n) is 11.3. The van der Waals surface area contributed by atoms with Gasteiger partial charge in [0, 0.05) is 42.2 Å². The number of anilines is 3. The Bertz CT molecular complexity index is 1370. The fourth-order valence-electron chi connectivity index (χ4n) is 3.45. The van der Waals surface area contributed by atoms with Crippen LogP contribution in [0.25, 0.3) is 11.4 Å². The van der Waals surface area contributed by atoms with Gasteiger partial charge in [0.15, 0.2) is 28.9 Å². The van der Waals surface area contributed by atoms with Crippen LogP contribution in [-0.4, -0.2) is 52.3 Å². The highest BCUT2D eigenvalue weighted by Gasteiger charge is 2.30. The normalized spacial score (nSPS) is 13.2. The number of rotatable bonds is 9. The molecule has 2 heterocycles. The standard InChI is InChI=1S/C24H26FN6O4P/c1-5-19(32)21-17(10-20(30-31-21)29-24(33)13-6-7-13)28-18-9-14(25)8-16(22(18)35-2)23-26-11-15(12-27-23)36(3,4)34/h8-13H,5-7H2,1-4H3,(H2,28,29,30,33). The number of amides is 1. The van der Waals surface area contributed by atoms with E-state index < -0.39 is 13.0 Å². The molecule has 0 spiro atoms. The lowest BCUT2D eigenvalue weighted by molar-refractivity contribution is -0.117. The van der Waals surface area contributed by atoms with E-state index in [1.54, 1.807) is 20.3 Å². The Morgan fingerprint density at radius 3 is 2.39 bits per heavy atom. The van der Waals surface area contributed by atoms with Crippen LogP contribution >= 0.6 is 7.14 Å². The van der Waals surface area contributed by atoms with Gasteiger partial charge >= 0.3 is 0 Å². The molecule has 2 aromatic heterocycles. The van der Waals surface area contributed by atoms with E-state index in [0.717, 1.165) is 12.8 Å². The minimum absolute atomic E-state index is 0.0389. The summed E-state index contributed by atoms with van der Waals surface area (Å²) in [7, 11) is -1.16. The van der Waals surface area contributed by atoms with E-state index >= 15 is 0 Å². The van der Waals surface area contributed by atoms with E-state index in [1.165, 1.54) is 37.7 Å². The number of Topliss-reactive ketones (excluding diaryl/α,β-unsaturated/α-hetero) is 1. The van der Waals surface area contributed by atoms with Gasteiger partial charge in [-0.15, -0.1) is 10.2 Å². The number of methoxy groups -OCH3 is 1. The minimum Gasteiger partial charge on any atom is -0.494 e. The zero-order valence-corrected chi connectivity index (χ0v) is 21.2. The second-order valence-electron chi connectivity index (χ2n) is 8.81. The molecule has 2 N–H and O–H groups in total. The number of hydrogen-bond acceptors (Lipinski definition) is 9. The molecule has 1 aliphatic rings. The predicted octanol–water partition coefficient (Wildman–Crippen LogP) is 4.01. The molecule has 36 heavy (non-hydrogen) atoms. The maximum atomic E-state index is 14.7. The molecule has 0 aliphatic heterocycles. The first-order valence-corrected chi connectivity index (χ1v) is 13.9. The van der Waals surface area contributed by atoms with E-state index in [9.17, 15) is 18.5 Å². The van der Waals surface area contributed by atoms with Gasteiger partial charge in [0.25, 0.3) is 0 Å². The number of hydrogen-bond donors (Lipinski definition) is 2. The first-order chi connectivity index (χ1) is 17.1. The molecular weight excluding hydrogens is 486 g/mol. The van der Waals surface area contributed by atoms with Crippen molar-refractivity contribution in [3.8, 4) is 17.1 Å². The number of nitrogens with one attached hydrogen (secondary N) is 2. The van der Waals surface area contributed by atoms with E-state index in [-0.39, 0.29) is 64.1 Å². The summed E-state index contributed by atoms with van der Waals surface area (Å²) in [5, 5.41) is 14.2. The molecule has 12 heteroatoms. The van der Waals surface area contributed by atoms with Crippen LogP contribution in [0.3, 0.4) is 0 Å². The molecule has 10 nitrogen and oxygen atoms in total. The number of nitrogens with zero attached hydrogens (tertiary/aromatic N) is 4. The average molecular weight is 512 g/mol. The van der Waals surface area contributed by atoms with Crippen LogP contribution in [0, 0.1) is 11.7 Å². The van der Waals surface area contributed by atoms with Crippen molar-refractivity contribution in [3.63, 3.8) is 0 Å². The molecule has 1 amide bonds. The van der Waals surface area contributed by atoms with Gasteiger partial charge in [-0.2, -0.15) is 0 Å². The Morgan fingerprint density at radius 2 is 1.81 bits per heavy atom. The molecule has 0 atom stereocenters. The molecule has 1 fully saturated rings. The molecule has 0 radical (unpaired) electrons. The summed E-state index contributed by atoms with van der Waals surface area (Å²) >= 11 is 0. The number of halogens is 1. The highest BCUT2D eigenvalue weighted by Crippen LogP contribution is 2.39. The monoisotopic (exact) mass is 512 g/mol. The van der Waals surface area contributed by atoms with Gasteiger partial charge < -0.3 is 19.9 Å². The highest BCUT2D eigenvalue weighted by molar-refractivity contribution is 7.70. The zero-order chi connectivity index (χ0) is 26.0. The molecule has 1 aromatic carbocycles. The van der Waals surface area contributed by atoms with Gasteiger partial charge in [0.2, 0.25) is 5.91 Å². The Balaban J connectivity index is 1.75. The van der Waals surface area contributed by atoms with Crippen LogP contribution in [0.2, 0.25) is 0 Å². The predicted molar refractivity (Wildman–Crippen MR) is 134 cm³/mol. The number of ether oxygens (including phenoxy) is 1. The van der Waals surface area contributed by atoms with Crippen molar-refractivity contribution < 1.29 is 23.3 Å². The molecule has 188 valence electrons. The van der Waals surface area contributed by atoms with Gasteiger partial charge in [0.1, 0.15) is 13.0 Å². The molecular formula is C24H26FN6O4P. The maximum Gasteiger partial charge on any atom is 0.228 e. The van der Waals surface area contributed by atoms with Gasteiger partial charge in [-0.05, 0) is 32.2 Å². The van der Waals surface area contributed by atoms with E-state index in [0.29, 0.717) is 5.30 Å². The SMILES string of the molecule is CCC(=O)c1nnc(NC(=O)C2CC2)cc1Nc1cc(F)cc(-c2ncc(P(C)(C)=O)cn2)c1OC. The highest BCUT2D eigenvalue weighted by atomic mass is 31.2. The van der Waals surface area contributed by atoms with Crippen molar-refractivity contribution in [2.45, 2.75) is 26.2 Å². The fraction of sp³-hybridized carbons (Fsp3) is 0.333. The van der Waals surface area contributed by atoms with Crippen molar-refractivity contribution in [1.29, 1.82) is 0 Å². The summed E-state index contributed by atoms with van der Waals surface area (Å²) in [6.07, 6.45) is 4.69. The van der Waals surface area contributed by atoms with Crippen LogP contribution in [0.4, 0.5) is 21.6 Å². The fourth-order valence-corrected chi connectivity index (χ4v) is 4.12. The van der Waals surface area contributed by atoms with Crippen molar-refractivity contribution >= 4 is 41.3 Å². The number of aromatic nitrogens is 4. The largest absolute Gasteiger partial charge is 0.494 e. The Kier molecular flexibility index (Phi) is 7.12. The molecule has 0 saturated heterocycles. The Labute approximate surface area is 207 Å². The van der Waals surface area contributed by atoms with Crippen LogP contribution in [-0.2, 0) is 9.36 Å². The van der Waals surface area contributed by atoms with E-state index in [1.807, 2.05) is 0 Å². The summed E-state index contributed by atoms with van der Waals surface area (Å²) in [6, 6.07) is 3.90. The quantitative estimate of drug-likeness (QED) is 0.322. The summed E-state index contributed by atoms with van der Waals surface area (Å²) in [4.78, 5) is 33.2. The van der Waals surface area contributed by atoms with Crippen molar-refractivity contribution in [1.82, 2.24) is 20.2 Å². The minimum atomic E-state index is -2.57. The third kappa shape index (κ3) is 5.57. The van der Waals surface area contributed by atoms with Crippen molar-refractivity contribution in [2.24, 2.45) is 5.92 Å². The lowest BCUT2D eigenvalue weighted by atomic mass is 10.1. The molecule has 0 unspecified atom stereocenters. The molecule has 4 rings (SSSR count). The van der Waals surface area contributed by atoms with E-state index in [2.05, 4.69) is 30.8 Å². The number of benzene rings is 1. The van der Waals surface area contributed by atoms with Crippen molar-refractivity contribution in [2.75, 3.05) is 31.1 Å².